The van der Waals surface area contributed by atoms with Crippen LogP contribution in [0.15, 0.2) is 47.6 Å². The van der Waals surface area contributed by atoms with Crippen LogP contribution in [0.4, 0.5) is 0 Å². The van der Waals surface area contributed by atoms with Gasteiger partial charge in [0.15, 0.2) is 0 Å². The van der Waals surface area contributed by atoms with Crippen molar-refractivity contribution in [3.63, 3.8) is 0 Å². The number of carbonyl (C=O) groups is 1. The number of amides is 1. The van der Waals surface area contributed by atoms with E-state index in [2.05, 4.69) is 23.3 Å². The molecule has 118 valence electrons. The largest absolute Gasteiger partial charge is 0.496 e. The fourth-order valence-electron chi connectivity index (χ4n) is 2.99. The molecule has 23 heavy (non-hydrogen) atoms. The van der Waals surface area contributed by atoms with Crippen LogP contribution >= 0.6 is 0 Å². The first-order valence-electron chi connectivity index (χ1n) is 7.70. The van der Waals surface area contributed by atoms with Gasteiger partial charge in [0.25, 0.3) is 0 Å². The predicted molar refractivity (Wildman–Crippen MR) is 91.7 cm³/mol. The highest BCUT2D eigenvalue weighted by Crippen LogP contribution is 2.31. The molecule has 2 aromatic carbocycles. The van der Waals surface area contributed by atoms with Crippen molar-refractivity contribution in [1.82, 2.24) is 5.01 Å². The highest BCUT2D eigenvalue weighted by molar-refractivity contribution is 5.87. The van der Waals surface area contributed by atoms with Crippen LogP contribution in [0.1, 0.15) is 25.0 Å². The molecule has 4 nitrogen and oxygen atoms in total. The summed E-state index contributed by atoms with van der Waals surface area (Å²) in [6.07, 6.45) is 2.57. The van der Waals surface area contributed by atoms with E-state index in [9.17, 15) is 4.79 Å². The van der Waals surface area contributed by atoms with Gasteiger partial charge in [0.2, 0.25) is 5.91 Å². The van der Waals surface area contributed by atoms with Gasteiger partial charge in [-0.1, -0.05) is 30.3 Å². The zero-order valence-electron chi connectivity index (χ0n) is 13.6. The Morgan fingerprint density at radius 3 is 2.78 bits per heavy atom. The number of para-hydroxylation sites is 1. The molecule has 1 unspecified atom stereocenters. The average Bonchev–Trinajstić information content (AvgIpc) is 2.72. The summed E-state index contributed by atoms with van der Waals surface area (Å²) in [6, 6.07) is 14.3. The lowest BCUT2D eigenvalue weighted by Crippen LogP contribution is -2.33. The zero-order chi connectivity index (χ0) is 16.4. The maximum absolute atomic E-state index is 11.7. The number of rotatable bonds is 2. The topological polar surface area (TPSA) is 41.9 Å². The first-order valence-corrected chi connectivity index (χ1v) is 7.70. The molecule has 1 aliphatic rings. The van der Waals surface area contributed by atoms with Crippen LogP contribution in [-0.2, 0) is 11.2 Å². The van der Waals surface area contributed by atoms with Gasteiger partial charge in [0.1, 0.15) is 5.75 Å². The molecule has 4 heteroatoms. The Hall–Kier alpha value is -2.62. The molecule has 2 aromatic rings. The van der Waals surface area contributed by atoms with Crippen molar-refractivity contribution in [3.05, 3.63) is 53.6 Å². The summed E-state index contributed by atoms with van der Waals surface area (Å²) in [5, 5.41) is 5.89. The Labute approximate surface area is 136 Å². The number of carbonyl (C=O) groups excluding carboxylic acids is 1. The molecule has 0 spiro atoms. The molecular weight excluding hydrogens is 288 g/mol. The van der Waals surface area contributed by atoms with Gasteiger partial charge in [0.05, 0.1) is 19.4 Å². The number of ether oxygens (including phenoxy) is 1. The third-order valence-electron chi connectivity index (χ3n) is 4.14. The molecule has 0 radical (unpaired) electrons. The van der Waals surface area contributed by atoms with Gasteiger partial charge in [-0.05, 0) is 42.2 Å². The van der Waals surface area contributed by atoms with E-state index in [1.54, 1.807) is 25.3 Å². The minimum Gasteiger partial charge on any atom is -0.496 e. The SMILES string of the molecule is COc1ccccc1-c1ccc2c(c1)C=NN(C(C)=O)C(C)C2. The Morgan fingerprint density at radius 2 is 2.04 bits per heavy atom. The Morgan fingerprint density at radius 1 is 1.26 bits per heavy atom. The minimum atomic E-state index is -0.0356. The standard InChI is InChI=1S/C19H20N2O2/c1-13-10-15-8-9-16(18-6-4-5-7-19(18)23-3)11-17(15)12-20-21(13)14(2)22/h4-9,11-13H,10H2,1-3H3. The third-order valence-corrected chi connectivity index (χ3v) is 4.14. The number of fused-ring (bicyclic) bond motifs is 1. The monoisotopic (exact) mass is 308 g/mol. The molecule has 0 saturated carbocycles. The fourth-order valence-corrected chi connectivity index (χ4v) is 2.99. The normalized spacial score (nSPS) is 16.7. The molecule has 0 bridgehead atoms. The average molecular weight is 308 g/mol. The van der Waals surface area contributed by atoms with E-state index >= 15 is 0 Å². The van der Waals surface area contributed by atoms with Gasteiger partial charge in [-0.25, -0.2) is 5.01 Å². The van der Waals surface area contributed by atoms with Gasteiger partial charge in [0, 0.05) is 12.5 Å². The highest BCUT2D eigenvalue weighted by Gasteiger charge is 2.20. The number of hydrogen-bond acceptors (Lipinski definition) is 3. The maximum atomic E-state index is 11.7. The first-order chi connectivity index (χ1) is 11.1. The van der Waals surface area contributed by atoms with Gasteiger partial charge in [-0.15, -0.1) is 0 Å². The van der Waals surface area contributed by atoms with E-state index in [0.29, 0.717) is 0 Å². The zero-order valence-corrected chi connectivity index (χ0v) is 13.6. The summed E-state index contributed by atoms with van der Waals surface area (Å²) in [5.74, 6) is 0.809. The lowest BCUT2D eigenvalue weighted by molar-refractivity contribution is -0.130. The van der Waals surface area contributed by atoms with Crippen LogP contribution in [0.5, 0.6) is 5.75 Å². The van der Waals surface area contributed by atoms with E-state index in [4.69, 9.17) is 4.74 Å². The van der Waals surface area contributed by atoms with E-state index in [1.807, 2.05) is 31.2 Å². The smallest absolute Gasteiger partial charge is 0.239 e. The van der Waals surface area contributed by atoms with Crippen molar-refractivity contribution in [2.75, 3.05) is 7.11 Å². The van der Waals surface area contributed by atoms with Gasteiger partial charge >= 0.3 is 0 Å². The Balaban J connectivity index is 2.03. The number of hydrogen-bond donors (Lipinski definition) is 0. The fraction of sp³-hybridized carbons (Fsp3) is 0.263. The van der Waals surface area contributed by atoms with Crippen LogP contribution in [0.25, 0.3) is 11.1 Å². The number of methoxy groups -OCH3 is 1. The summed E-state index contributed by atoms with van der Waals surface area (Å²) >= 11 is 0. The third kappa shape index (κ3) is 2.97. The Kier molecular flexibility index (Phi) is 4.15. The second kappa shape index (κ2) is 6.24. The molecule has 3 rings (SSSR count). The van der Waals surface area contributed by atoms with Crippen molar-refractivity contribution < 1.29 is 9.53 Å². The molecule has 1 heterocycles. The molecule has 0 fully saturated rings. The van der Waals surface area contributed by atoms with Crippen LogP contribution in [0, 0.1) is 0 Å². The molecule has 0 aromatic heterocycles. The van der Waals surface area contributed by atoms with Gasteiger partial charge in [-0.3, -0.25) is 4.79 Å². The van der Waals surface area contributed by atoms with E-state index in [1.165, 1.54) is 5.56 Å². The summed E-state index contributed by atoms with van der Waals surface area (Å²) in [7, 11) is 1.68. The van der Waals surface area contributed by atoms with E-state index in [-0.39, 0.29) is 11.9 Å². The van der Waals surface area contributed by atoms with Crippen molar-refractivity contribution in [2.45, 2.75) is 26.3 Å². The predicted octanol–water partition coefficient (Wildman–Crippen LogP) is 3.49. The number of benzene rings is 2. The van der Waals surface area contributed by atoms with Crippen LogP contribution < -0.4 is 4.74 Å². The van der Waals surface area contributed by atoms with Crippen LogP contribution in [0.3, 0.4) is 0 Å². The molecule has 1 atom stereocenters. The lowest BCUT2D eigenvalue weighted by Gasteiger charge is -2.21. The minimum absolute atomic E-state index is 0.0356. The Bertz CT molecular complexity index is 768. The molecular formula is C19H20N2O2. The second-order valence-electron chi connectivity index (χ2n) is 5.78. The molecule has 0 saturated heterocycles. The molecule has 0 N–H and O–H groups in total. The summed E-state index contributed by atoms with van der Waals surface area (Å²) in [4.78, 5) is 11.7. The lowest BCUT2D eigenvalue weighted by atomic mass is 9.96. The molecule has 1 amide bonds. The number of hydrazone groups is 1. The molecule has 0 aliphatic carbocycles. The van der Waals surface area contributed by atoms with Crippen molar-refractivity contribution in [2.24, 2.45) is 5.10 Å². The summed E-state index contributed by atoms with van der Waals surface area (Å²) in [6.45, 7) is 3.56. The number of nitrogens with zero attached hydrogens (tertiary/aromatic N) is 2. The molecule has 1 aliphatic heterocycles. The van der Waals surface area contributed by atoms with Crippen LogP contribution in [0.2, 0.25) is 0 Å². The summed E-state index contributed by atoms with van der Waals surface area (Å²) < 4.78 is 5.45. The first kappa shape index (κ1) is 15.3. The van der Waals surface area contributed by atoms with Gasteiger partial charge in [-0.2, -0.15) is 5.10 Å². The van der Waals surface area contributed by atoms with Gasteiger partial charge < -0.3 is 4.74 Å². The maximum Gasteiger partial charge on any atom is 0.239 e. The highest BCUT2D eigenvalue weighted by atomic mass is 16.5. The van der Waals surface area contributed by atoms with E-state index < -0.39 is 0 Å². The van der Waals surface area contributed by atoms with E-state index in [0.717, 1.165) is 28.9 Å². The van der Waals surface area contributed by atoms with Crippen molar-refractivity contribution >= 4 is 12.1 Å². The quantitative estimate of drug-likeness (QED) is 0.852. The van der Waals surface area contributed by atoms with Crippen molar-refractivity contribution in [3.8, 4) is 16.9 Å². The van der Waals surface area contributed by atoms with Crippen molar-refractivity contribution in [1.29, 1.82) is 0 Å². The second-order valence-corrected chi connectivity index (χ2v) is 5.78. The van der Waals surface area contributed by atoms with Crippen LogP contribution in [-0.4, -0.2) is 30.3 Å². The summed E-state index contributed by atoms with van der Waals surface area (Å²) in [5.41, 5.74) is 4.37.